The molecule has 1 atom stereocenters. The molecule has 4 nitrogen and oxygen atoms in total. The first-order chi connectivity index (χ1) is 9.76. The first-order valence-corrected chi connectivity index (χ1v) is 6.46. The van der Waals surface area contributed by atoms with Gasteiger partial charge in [-0.05, 0) is 11.6 Å². The monoisotopic (exact) mass is 273 g/mol. The second kappa shape index (κ2) is 6.93. The van der Waals surface area contributed by atoms with Crippen LogP contribution in [0.15, 0.2) is 48.5 Å². The maximum Gasteiger partial charge on any atom is 0.165 e. The van der Waals surface area contributed by atoms with E-state index in [0.717, 1.165) is 11.1 Å². The van der Waals surface area contributed by atoms with Crippen molar-refractivity contribution in [1.29, 1.82) is 0 Å². The van der Waals surface area contributed by atoms with Gasteiger partial charge in [-0.25, -0.2) is 0 Å². The van der Waals surface area contributed by atoms with Gasteiger partial charge in [0.05, 0.1) is 19.8 Å². The quantitative estimate of drug-likeness (QED) is 0.847. The van der Waals surface area contributed by atoms with E-state index in [9.17, 15) is 5.11 Å². The second-order valence-electron chi connectivity index (χ2n) is 4.44. The summed E-state index contributed by atoms with van der Waals surface area (Å²) in [7, 11) is 1.57. The van der Waals surface area contributed by atoms with Crippen LogP contribution in [0.5, 0.6) is 11.5 Å². The van der Waals surface area contributed by atoms with Gasteiger partial charge in [-0.1, -0.05) is 42.5 Å². The summed E-state index contributed by atoms with van der Waals surface area (Å²) in [6.45, 7) is 0.313. The third kappa shape index (κ3) is 3.29. The molecule has 4 heteroatoms. The molecule has 0 saturated carbocycles. The van der Waals surface area contributed by atoms with Crippen molar-refractivity contribution in [3.05, 3.63) is 59.7 Å². The minimum atomic E-state index is -0.481. The fourth-order valence-electron chi connectivity index (χ4n) is 1.99. The lowest BCUT2D eigenvalue weighted by Crippen LogP contribution is -2.15. The highest BCUT2D eigenvalue weighted by molar-refractivity contribution is 5.48. The number of hydrogen-bond acceptors (Lipinski definition) is 4. The lowest BCUT2D eigenvalue weighted by atomic mass is 10.1. The molecule has 0 radical (unpaired) electrons. The van der Waals surface area contributed by atoms with Crippen LogP contribution in [0.25, 0.3) is 0 Å². The van der Waals surface area contributed by atoms with Gasteiger partial charge in [0.1, 0.15) is 6.61 Å². The van der Waals surface area contributed by atoms with Crippen molar-refractivity contribution in [3.63, 3.8) is 0 Å². The third-order valence-corrected chi connectivity index (χ3v) is 3.05. The molecule has 2 rings (SSSR count). The van der Waals surface area contributed by atoms with Crippen molar-refractivity contribution < 1.29 is 14.6 Å². The van der Waals surface area contributed by atoms with Crippen LogP contribution in [0.1, 0.15) is 17.2 Å². The highest BCUT2D eigenvalue weighted by atomic mass is 16.5. The average Bonchev–Trinajstić information content (AvgIpc) is 2.52. The largest absolute Gasteiger partial charge is 0.493 e. The summed E-state index contributed by atoms with van der Waals surface area (Å²) in [5, 5.41) is 9.19. The number of hydrogen-bond donors (Lipinski definition) is 2. The van der Waals surface area contributed by atoms with Crippen molar-refractivity contribution in [3.8, 4) is 11.5 Å². The van der Waals surface area contributed by atoms with Crippen LogP contribution >= 0.6 is 0 Å². The highest BCUT2D eigenvalue weighted by Gasteiger charge is 2.15. The normalized spacial score (nSPS) is 11.9. The Kier molecular flexibility index (Phi) is 4.98. The summed E-state index contributed by atoms with van der Waals surface area (Å²) in [5.41, 5.74) is 7.67. The Morgan fingerprint density at radius 1 is 1.10 bits per heavy atom. The number of aliphatic hydroxyl groups is 1. The molecule has 0 spiro atoms. The van der Waals surface area contributed by atoms with Crippen LogP contribution in [-0.4, -0.2) is 18.8 Å². The molecule has 0 aliphatic rings. The van der Waals surface area contributed by atoms with Crippen LogP contribution in [0, 0.1) is 0 Å². The lowest BCUT2D eigenvalue weighted by molar-refractivity contribution is 0.258. The number of aliphatic hydroxyl groups excluding tert-OH is 1. The molecule has 0 bridgehead atoms. The maximum absolute atomic E-state index is 9.19. The molecule has 3 N–H and O–H groups in total. The van der Waals surface area contributed by atoms with Gasteiger partial charge in [-0.15, -0.1) is 0 Å². The molecular formula is C16H19NO3. The minimum absolute atomic E-state index is 0.140. The summed E-state index contributed by atoms with van der Waals surface area (Å²) in [5.74, 6) is 1.20. The van der Waals surface area contributed by atoms with Gasteiger partial charge in [0.15, 0.2) is 11.5 Å². The number of methoxy groups -OCH3 is 1. The Labute approximate surface area is 118 Å². The molecule has 0 saturated heterocycles. The lowest BCUT2D eigenvalue weighted by Gasteiger charge is -2.17. The zero-order valence-electron chi connectivity index (χ0n) is 11.5. The molecule has 0 amide bonds. The average molecular weight is 273 g/mol. The van der Waals surface area contributed by atoms with Gasteiger partial charge in [0.2, 0.25) is 0 Å². The standard InChI is InChI=1S/C16H19NO3/c1-19-16-13(14(17)10-18)8-5-9-15(16)20-11-12-6-3-2-4-7-12/h2-9,14,18H,10-11,17H2,1H3. The summed E-state index contributed by atoms with van der Waals surface area (Å²) < 4.78 is 11.2. The summed E-state index contributed by atoms with van der Waals surface area (Å²) >= 11 is 0. The predicted octanol–water partition coefficient (Wildman–Crippen LogP) is 2.27. The van der Waals surface area contributed by atoms with Gasteiger partial charge in [0, 0.05) is 5.56 Å². The zero-order valence-corrected chi connectivity index (χ0v) is 11.5. The van der Waals surface area contributed by atoms with Crippen LogP contribution in [0.2, 0.25) is 0 Å². The van der Waals surface area contributed by atoms with E-state index in [1.807, 2.05) is 48.5 Å². The van der Waals surface area contributed by atoms with E-state index < -0.39 is 6.04 Å². The Morgan fingerprint density at radius 2 is 1.85 bits per heavy atom. The number of rotatable bonds is 6. The van der Waals surface area contributed by atoms with Crippen molar-refractivity contribution in [2.75, 3.05) is 13.7 Å². The van der Waals surface area contributed by atoms with Crippen LogP contribution < -0.4 is 15.2 Å². The topological polar surface area (TPSA) is 64.7 Å². The van der Waals surface area contributed by atoms with Crippen molar-refractivity contribution in [2.45, 2.75) is 12.6 Å². The molecule has 0 aromatic heterocycles. The summed E-state index contributed by atoms with van der Waals surface area (Å²) in [6, 6.07) is 14.9. The summed E-state index contributed by atoms with van der Waals surface area (Å²) in [4.78, 5) is 0. The van der Waals surface area contributed by atoms with Gasteiger partial charge in [-0.2, -0.15) is 0 Å². The maximum atomic E-state index is 9.19. The summed E-state index contributed by atoms with van der Waals surface area (Å²) in [6.07, 6.45) is 0. The molecule has 2 aromatic rings. The second-order valence-corrected chi connectivity index (χ2v) is 4.44. The SMILES string of the molecule is COc1c(OCc2ccccc2)cccc1C(N)CO. The number of benzene rings is 2. The molecule has 0 fully saturated rings. The fourth-order valence-corrected chi connectivity index (χ4v) is 1.99. The highest BCUT2D eigenvalue weighted by Crippen LogP contribution is 2.34. The predicted molar refractivity (Wildman–Crippen MR) is 77.8 cm³/mol. The zero-order chi connectivity index (χ0) is 14.4. The number of nitrogens with two attached hydrogens (primary N) is 1. The van der Waals surface area contributed by atoms with E-state index >= 15 is 0 Å². The Morgan fingerprint density at radius 3 is 2.50 bits per heavy atom. The molecule has 106 valence electrons. The van der Waals surface area contributed by atoms with Crippen LogP contribution in [0.4, 0.5) is 0 Å². The first kappa shape index (κ1) is 14.4. The van der Waals surface area contributed by atoms with Gasteiger partial charge >= 0.3 is 0 Å². The van der Waals surface area contributed by atoms with Gasteiger partial charge in [0.25, 0.3) is 0 Å². The number of para-hydroxylation sites is 1. The van der Waals surface area contributed by atoms with E-state index in [4.69, 9.17) is 15.2 Å². The smallest absolute Gasteiger partial charge is 0.165 e. The van der Waals surface area contributed by atoms with E-state index in [-0.39, 0.29) is 6.61 Å². The van der Waals surface area contributed by atoms with E-state index in [1.165, 1.54) is 0 Å². The van der Waals surface area contributed by atoms with Crippen molar-refractivity contribution in [1.82, 2.24) is 0 Å². The van der Waals surface area contributed by atoms with E-state index in [1.54, 1.807) is 7.11 Å². The fraction of sp³-hybridized carbons (Fsp3) is 0.250. The first-order valence-electron chi connectivity index (χ1n) is 6.46. The van der Waals surface area contributed by atoms with Gasteiger partial charge in [-0.3, -0.25) is 0 Å². The molecule has 20 heavy (non-hydrogen) atoms. The van der Waals surface area contributed by atoms with Crippen molar-refractivity contribution >= 4 is 0 Å². The van der Waals surface area contributed by atoms with Crippen LogP contribution in [0.3, 0.4) is 0 Å². The molecule has 0 aliphatic carbocycles. The van der Waals surface area contributed by atoms with E-state index in [0.29, 0.717) is 18.1 Å². The minimum Gasteiger partial charge on any atom is -0.493 e. The van der Waals surface area contributed by atoms with E-state index in [2.05, 4.69) is 0 Å². The molecule has 0 heterocycles. The third-order valence-electron chi connectivity index (χ3n) is 3.05. The van der Waals surface area contributed by atoms with Crippen LogP contribution in [-0.2, 0) is 6.61 Å². The molecule has 2 aromatic carbocycles. The Bertz CT molecular complexity index is 543. The molecule has 0 aliphatic heterocycles. The Hall–Kier alpha value is -2.04. The van der Waals surface area contributed by atoms with Gasteiger partial charge < -0.3 is 20.3 Å². The number of ether oxygens (including phenoxy) is 2. The van der Waals surface area contributed by atoms with Crippen molar-refractivity contribution in [2.24, 2.45) is 5.73 Å². The molecule has 1 unspecified atom stereocenters. The Balaban J connectivity index is 2.19. The molecular weight excluding hydrogens is 254 g/mol.